The number of para-hydroxylation sites is 1. The maximum absolute atomic E-state index is 2.34. The summed E-state index contributed by atoms with van der Waals surface area (Å²) in [7, 11) is 0. The molecule has 0 atom stereocenters. The minimum atomic E-state index is -0.424. The molecule has 0 aliphatic heterocycles. The van der Waals surface area contributed by atoms with Crippen molar-refractivity contribution in [1.29, 1.82) is 0 Å². The van der Waals surface area contributed by atoms with Crippen LogP contribution in [-0.2, 0) is 5.41 Å². The van der Waals surface area contributed by atoms with Gasteiger partial charge in [-0.05, 0) is 103 Å². The molecule has 1 aliphatic carbocycles. The fourth-order valence-electron chi connectivity index (χ4n) is 8.82. The van der Waals surface area contributed by atoms with Crippen LogP contribution in [0, 0.1) is 0 Å². The quantitative estimate of drug-likeness (QED) is 0.161. The van der Waals surface area contributed by atoms with Crippen molar-refractivity contribution in [2.45, 2.75) is 5.41 Å². The molecule has 9 aromatic carbocycles. The van der Waals surface area contributed by atoms with Crippen molar-refractivity contribution in [2.24, 2.45) is 0 Å². The van der Waals surface area contributed by atoms with E-state index in [4.69, 9.17) is 0 Å². The van der Waals surface area contributed by atoms with E-state index in [9.17, 15) is 0 Å². The minimum absolute atomic E-state index is 0.424. The molecular formula is C53H37N. The third kappa shape index (κ3) is 5.09. The zero-order chi connectivity index (χ0) is 35.9. The average Bonchev–Trinajstić information content (AvgIpc) is 3.56. The molecule has 0 amide bonds. The number of anilines is 3. The first-order valence-corrected chi connectivity index (χ1v) is 18.7. The molecule has 254 valence electrons. The molecule has 0 saturated carbocycles. The van der Waals surface area contributed by atoms with Gasteiger partial charge in [0.15, 0.2) is 0 Å². The van der Waals surface area contributed by atoms with Crippen LogP contribution in [0.4, 0.5) is 17.1 Å². The van der Waals surface area contributed by atoms with Crippen molar-refractivity contribution in [1.82, 2.24) is 0 Å². The molecule has 0 bridgehead atoms. The van der Waals surface area contributed by atoms with Crippen LogP contribution in [0.1, 0.15) is 22.3 Å². The van der Waals surface area contributed by atoms with E-state index in [1.807, 2.05) is 0 Å². The molecule has 0 N–H and O–H groups in total. The van der Waals surface area contributed by atoms with Gasteiger partial charge in [0.1, 0.15) is 0 Å². The van der Waals surface area contributed by atoms with Crippen molar-refractivity contribution in [3.63, 3.8) is 0 Å². The van der Waals surface area contributed by atoms with Crippen molar-refractivity contribution in [3.05, 3.63) is 247 Å². The molecule has 54 heavy (non-hydrogen) atoms. The maximum atomic E-state index is 2.34. The standard InChI is InChI=1S/C53H37N/c1-4-18-41(19-5-1)53(42-20-6-2-7-21-42)50-28-13-12-25-49(50)52-48(27-15-29-51(52)53)40-32-36-45(37-33-40)54(43-22-8-3-9-23-43)44-34-30-39(31-35-44)47-26-14-17-38-16-10-11-24-46(38)47/h1-37H. The van der Waals surface area contributed by atoms with Crippen molar-refractivity contribution in [3.8, 4) is 33.4 Å². The predicted molar refractivity (Wildman–Crippen MR) is 227 cm³/mol. The van der Waals surface area contributed by atoms with Gasteiger partial charge in [-0.3, -0.25) is 0 Å². The molecule has 9 aromatic rings. The molecule has 0 spiro atoms. The SMILES string of the molecule is c1ccc(N(c2ccc(-c3cccc4c3-c3ccccc3C4(c3ccccc3)c3ccccc3)cc2)c2ccc(-c3cccc4ccccc34)cc2)cc1. The number of hydrogen-bond donors (Lipinski definition) is 0. The van der Waals surface area contributed by atoms with Gasteiger partial charge < -0.3 is 4.90 Å². The lowest BCUT2D eigenvalue weighted by molar-refractivity contribution is 0.768. The molecule has 0 saturated heterocycles. The topological polar surface area (TPSA) is 3.24 Å². The van der Waals surface area contributed by atoms with E-state index in [-0.39, 0.29) is 0 Å². The third-order valence-corrected chi connectivity index (χ3v) is 11.2. The fourth-order valence-corrected chi connectivity index (χ4v) is 8.82. The molecule has 0 unspecified atom stereocenters. The van der Waals surface area contributed by atoms with Gasteiger partial charge in [-0.1, -0.05) is 188 Å². The zero-order valence-corrected chi connectivity index (χ0v) is 29.8. The van der Waals surface area contributed by atoms with Crippen LogP contribution in [0.15, 0.2) is 224 Å². The molecule has 0 heterocycles. The highest BCUT2D eigenvalue weighted by Crippen LogP contribution is 2.58. The van der Waals surface area contributed by atoms with Crippen LogP contribution in [0.5, 0.6) is 0 Å². The number of hydrogen-bond acceptors (Lipinski definition) is 1. The van der Waals surface area contributed by atoms with Crippen LogP contribution >= 0.6 is 0 Å². The fraction of sp³-hybridized carbons (Fsp3) is 0.0189. The first-order chi connectivity index (χ1) is 26.8. The summed E-state index contributed by atoms with van der Waals surface area (Å²) in [5, 5.41) is 2.52. The highest BCUT2D eigenvalue weighted by atomic mass is 15.1. The van der Waals surface area contributed by atoms with Gasteiger partial charge in [0.2, 0.25) is 0 Å². The summed E-state index contributed by atoms with van der Waals surface area (Å²) in [6.07, 6.45) is 0. The van der Waals surface area contributed by atoms with Crippen molar-refractivity contribution in [2.75, 3.05) is 4.90 Å². The lowest BCUT2D eigenvalue weighted by atomic mass is 9.67. The molecule has 10 rings (SSSR count). The smallest absolute Gasteiger partial charge is 0.0713 e. The molecule has 0 fully saturated rings. The lowest BCUT2D eigenvalue weighted by Crippen LogP contribution is -2.28. The highest BCUT2D eigenvalue weighted by Gasteiger charge is 2.46. The van der Waals surface area contributed by atoms with Crippen molar-refractivity contribution < 1.29 is 0 Å². The monoisotopic (exact) mass is 687 g/mol. The van der Waals surface area contributed by atoms with Crippen LogP contribution in [0.3, 0.4) is 0 Å². The second kappa shape index (κ2) is 13.2. The van der Waals surface area contributed by atoms with Gasteiger partial charge >= 0.3 is 0 Å². The van der Waals surface area contributed by atoms with Gasteiger partial charge in [-0.15, -0.1) is 0 Å². The Bertz CT molecular complexity index is 2690. The number of fused-ring (bicyclic) bond motifs is 4. The second-order valence-corrected chi connectivity index (χ2v) is 14.0. The first kappa shape index (κ1) is 31.7. The summed E-state index contributed by atoms with van der Waals surface area (Å²) in [6, 6.07) is 81.8. The Morgan fingerprint density at radius 2 is 0.741 bits per heavy atom. The van der Waals surface area contributed by atoms with Crippen LogP contribution in [0.2, 0.25) is 0 Å². The van der Waals surface area contributed by atoms with Crippen LogP contribution in [0.25, 0.3) is 44.2 Å². The van der Waals surface area contributed by atoms with Crippen LogP contribution < -0.4 is 4.90 Å². The predicted octanol–water partition coefficient (Wildman–Crippen LogP) is 14.0. The summed E-state index contributed by atoms with van der Waals surface area (Å²) in [6.45, 7) is 0. The Morgan fingerprint density at radius 1 is 0.296 bits per heavy atom. The Morgan fingerprint density at radius 3 is 1.41 bits per heavy atom. The summed E-state index contributed by atoms with van der Waals surface area (Å²) in [5.74, 6) is 0. The summed E-state index contributed by atoms with van der Waals surface area (Å²) < 4.78 is 0. The summed E-state index contributed by atoms with van der Waals surface area (Å²) in [4.78, 5) is 2.34. The van der Waals surface area contributed by atoms with Gasteiger partial charge in [0, 0.05) is 17.1 Å². The Hall–Kier alpha value is -6.96. The van der Waals surface area contributed by atoms with E-state index in [0.717, 1.165) is 17.1 Å². The number of benzene rings is 9. The first-order valence-electron chi connectivity index (χ1n) is 18.7. The highest BCUT2D eigenvalue weighted by molar-refractivity contribution is 5.98. The van der Waals surface area contributed by atoms with Gasteiger partial charge in [0.05, 0.1) is 5.41 Å². The summed E-state index contributed by atoms with van der Waals surface area (Å²) in [5.41, 5.74) is 15.6. The molecule has 0 aromatic heterocycles. The molecule has 1 heteroatoms. The Labute approximate surface area is 317 Å². The van der Waals surface area contributed by atoms with Gasteiger partial charge in [-0.25, -0.2) is 0 Å². The lowest BCUT2D eigenvalue weighted by Gasteiger charge is -2.34. The third-order valence-electron chi connectivity index (χ3n) is 11.2. The van der Waals surface area contributed by atoms with Gasteiger partial charge in [-0.2, -0.15) is 0 Å². The van der Waals surface area contributed by atoms with Crippen molar-refractivity contribution >= 4 is 27.8 Å². The Kier molecular flexibility index (Phi) is 7.78. The molecule has 1 aliphatic rings. The van der Waals surface area contributed by atoms with Crippen LogP contribution in [-0.4, -0.2) is 0 Å². The largest absolute Gasteiger partial charge is 0.311 e. The zero-order valence-electron chi connectivity index (χ0n) is 29.8. The van der Waals surface area contributed by atoms with Gasteiger partial charge in [0.25, 0.3) is 0 Å². The van der Waals surface area contributed by atoms with E-state index in [1.54, 1.807) is 0 Å². The van der Waals surface area contributed by atoms with E-state index >= 15 is 0 Å². The molecular weight excluding hydrogens is 651 g/mol. The maximum Gasteiger partial charge on any atom is 0.0713 e. The Balaban J connectivity index is 1.08. The van der Waals surface area contributed by atoms with E-state index < -0.39 is 5.41 Å². The van der Waals surface area contributed by atoms with E-state index in [1.165, 1.54) is 66.4 Å². The average molecular weight is 688 g/mol. The minimum Gasteiger partial charge on any atom is -0.311 e. The van der Waals surface area contributed by atoms with E-state index in [0.29, 0.717) is 0 Å². The summed E-state index contributed by atoms with van der Waals surface area (Å²) >= 11 is 0. The van der Waals surface area contributed by atoms with E-state index in [2.05, 4.69) is 229 Å². The number of rotatable bonds is 7. The number of nitrogens with zero attached hydrogens (tertiary/aromatic N) is 1. The normalized spacial score (nSPS) is 12.6. The molecule has 0 radical (unpaired) electrons. The molecule has 1 nitrogen and oxygen atoms in total. The second-order valence-electron chi connectivity index (χ2n) is 14.0.